The number of aromatic nitrogens is 2. The van der Waals surface area contributed by atoms with E-state index in [0.717, 1.165) is 28.2 Å². The Balaban J connectivity index is 2.26. The van der Waals surface area contributed by atoms with Crippen LogP contribution in [0.1, 0.15) is 11.3 Å². The molecule has 0 spiro atoms. The van der Waals surface area contributed by atoms with Crippen LogP contribution in [0, 0.1) is 6.92 Å². The molecule has 3 rings (SSSR count). The van der Waals surface area contributed by atoms with Crippen LogP contribution < -0.4 is 15.2 Å². The fourth-order valence-electron chi connectivity index (χ4n) is 2.80. The van der Waals surface area contributed by atoms with E-state index in [1.165, 1.54) is 0 Å². The first-order chi connectivity index (χ1) is 11.7. The molecule has 2 N–H and O–H groups in total. The van der Waals surface area contributed by atoms with E-state index < -0.39 is 0 Å². The molecule has 0 unspecified atom stereocenters. The molecule has 0 saturated heterocycles. The van der Waals surface area contributed by atoms with Crippen molar-refractivity contribution in [3.63, 3.8) is 0 Å². The molecule has 124 valence electrons. The minimum absolute atomic E-state index is 0.373. The van der Waals surface area contributed by atoms with Crippen LogP contribution in [-0.4, -0.2) is 24.0 Å². The highest BCUT2D eigenvalue weighted by Crippen LogP contribution is 2.39. The highest BCUT2D eigenvalue weighted by molar-refractivity contribution is 5.73. The number of ether oxygens (including phenoxy) is 2. The zero-order valence-corrected chi connectivity index (χ0v) is 14.1. The molecule has 24 heavy (non-hydrogen) atoms. The molecule has 5 nitrogen and oxygen atoms in total. The van der Waals surface area contributed by atoms with Crippen molar-refractivity contribution in [1.82, 2.24) is 9.78 Å². The number of hydrogen-bond acceptors (Lipinski definition) is 4. The van der Waals surface area contributed by atoms with Gasteiger partial charge >= 0.3 is 0 Å². The molecule has 3 aromatic rings. The van der Waals surface area contributed by atoms with E-state index in [9.17, 15) is 0 Å². The van der Waals surface area contributed by atoms with Crippen molar-refractivity contribution in [2.45, 2.75) is 13.5 Å². The Labute approximate surface area is 141 Å². The standard InChI is InChI=1S/C19H21N3O2/c1-13-7-4-5-9-16(13)22-17(11-14(12-20)21-22)15-8-6-10-18(23-2)19(15)24-3/h4-11H,12,20H2,1-3H3. The van der Waals surface area contributed by atoms with E-state index in [0.29, 0.717) is 18.0 Å². The van der Waals surface area contributed by atoms with Gasteiger partial charge < -0.3 is 15.2 Å². The SMILES string of the molecule is COc1cccc(-c2cc(CN)nn2-c2ccccc2C)c1OC. The first-order valence-corrected chi connectivity index (χ1v) is 7.76. The lowest BCUT2D eigenvalue weighted by Crippen LogP contribution is -2.04. The molecule has 2 aromatic carbocycles. The van der Waals surface area contributed by atoms with E-state index in [-0.39, 0.29) is 0 Å². The number of benzene rings is 2. The van der Waals surface area contributed by atoms with Crippen LogP contribution in [-0.2, 0) is 6.54 Å². The first-order valence-electron chi connectivity index (χ1n) is 7.76. The van der Waals surface area contributed by atoms with Crippen molar-refractivity contribution in [2.75, 3.05) is 14.2 Å². The molecular formula is C19H21N3O2. The summed E-state index contributed by atoms with van der Waals surface area (Å²) >= 11 is 0. The minimum Gasteiger partial charge on any atom is -0.493 e. The van der Waals surface area contributed by atoms with Gasteiger partial charge in [0.05, 0.1) is 31.3 Å². The molecule has 0 radical (unpaired) electrons. The maximum absolute atomic E-state index is 5.82. The Hall–Kier alpha value is -2.79. The van der Waals surface area contributed by atoms with E-state index in [1.807, 2.05) is 47.1 Å². The Morgan fingerprint density at radius 2 is 1.83 bits per heavy atom. The van der Waals surface area contributed by atoms with Gasteiger partial charge in [0.25, 0.3) is 0 Å². The fourth-order valence-corrected chi connectivity index (χ4v) is 2.80. The maximum atomic E-state index is 5.82. The highest BCUT2D eigenvalue weighted by atomic mass is 16.5. The van der Waals surface area contributed by atoms with Gasteiger partial charge in [0.15, 0.2) is 11.5 Å². The molecule has 0 atom stereocenters. The zero-order chi connectivity index (χ0) is 17.1. The lowest BCUT2D eigenvalue weighted by Gasteiger charge is -2.15. The van der Waals surface area contributed by atoms with Crippen LogP contribution >= 0.6 is 0 Å². The topological polar surface area (TPSA) is 62.3 Å². The summed E-state index contributed by atoms with van der Waals surface area (Å²) in [5, 5.41) is 4.66. The summed E-state index contributed by atoms with van der Waals surface area (Å²) in [6.45, 7) is 2.43. The van der Waals surface area contributed by atoms with E-state index >= 15 is 0 Å². The van der Waals surface area contributed by atoms with Gasteiger partial charge in [-0.05, 0) is 36.8 Å². The number of nitrogens with zero attached hydrogens (tertiary/aromatic N) is 2. The molecule has 1 aromatic heterocycles. The molecule has 0 fully saturated rings. The quantitative estimate of drug-likeness (QED) is 0.782. The molecule has 0 saturated carbocycles. The molecule has 5 heteroatoms. The van der Waals surface area contributed by atoms with Gasteiger partial charge in [-0.3, -0.25) is 0 Å². The summed E-state index contributed by atoms with van der Waals surface area (Å²) in [6.07, 6.45) is 0. The summed E-state index contributed by atoms with van der Waals surface area (Å²) in [6, 6.07) is 15.9. The number of hydrogen-bond donors (Lipinski definition) is 1. The summed E-state index contributed by atoms with van der Waals surface area (Å²) in [4.78, 5) is 0. The minimum atomic E-state index is 0.373. The molecule has 0 bridgehead atoms. The normalized spacial score (nSPS) is 10.7. The highest BCUT2D eigenvalue weighted by Gasteiger charge is 2.18. The average molecular weight is 323 g/mol. The zero-order valence-electron chi connectivity index (χ0n) is 14.1. The predicted molar refractivity (Wildman–Crippen MR) is 94.7 cm³/mol. The van der Waals surface area contributed by atoms with E-state index in [4.69, 9.17) is 15.2 Å². The second-order valence-electron chi connectivity index (χ2n) is 5.46. The number of para-hydroxylation sites is 2. The Bertz CT molecular complexity index is 856. The fraction of sp³-hybridized carbons (Fsp3) is 0.211. The lowest BCUT2D eigenvalue weighted by atomic mass is 10.1. The van der Waals surface area contributed by atoms with Gasteiger partial charge in [0.2, 0.25) is 0 Å². The van der Waals surface area contributed by atoms with Crippen molar-refractivity contribution < 1.29 is 9.47 Å². The van der Waals surface area contributed by atoms with Crippen molar-refractivity contribution >= 4 is 0 Å². The average Bonchev–Trinajstić information content (AvgIpc) is 3.05. The molecular weight excluding hydrogens is 302 g/mol. The molecule has 0 aliphatic rings. The molecule has 1 heterocycles. The van der Waals surface area contributed by atoms with Crippen LogP contribution in [0.5, 0.6) is 11.5 Å². The second-order valence-corrected chi connectivity index (χ2v) is 5.46. The third-order valence-electron chi connectivity index (χ3n) is 3.99. The number of methoxy groups -OCH3 is 2. The largest absolute Gasteiger partial charge is 0.493 e. The smallest absolute Gasteiger partial charge is 0.170 e. The van der Waals surface area contributed by atoms with Gasteiger partial charge in [-0.1, -0.05) is 24.3 Å². The van der Waals surface area contributed by atoms with E-state index in [2.05, 4.69) is 18.1 Å². The third-order valence-corrected chi connectivity index (χ3v) is 3.99. The summed E-state index contributed by atoms with van der Waals surface area (Å²) in [7, 11) is 3.27. The van der Waals surface area contributed by atoms with Crippen molar-refractivity contribution in [1.29, 1.82) is 0 Å². The molecule has 0 amide bonds. The number of rotatable bonds is 5. The lowest BCUT2D eigenvalue weighted by molar-refractivity contribution is 0.356. The van der Waals surface area contributed by atoms with Gasteiger partial charge in [-0.25, -0.2) is 4.68 Å². The first kappa shape index (κ1) is 16.1. The Kier molecular flexibility index (Phi) is 4.53. The molecule has 0 aliphatic heterocycles. The maximum Gasteiger partial charge on any atom is 0.170 e. The van der Waals surface area contributed by atoms with Gasteiger partial charge in [0.1, 0.15) is 0 Å². The van der Waals surface area contributed by atoms with Crippen LogP contribution in [0.15, 0.2) is 48.5 Å². The van der Waals surface area contributed by atoms with Gasteiger partial charge in [-0.15, -0.1) is 0 Å². The Morgan fingerprint density at radius 3 is 2.50 bits per heavy atom. The van der Waals surface area contributed by atoms with Crippen LogP contribution in [0.25, 0.3) is 16.9 Å². The van der Waals surface area contributed by atoms with Crippen molar-refractivity contribution in [3.8, 4) is 28.4 Å². The van der Waals surface area contributed by atoms with Crippen LogP contribution in [0.3, 0.4) is 0 Å². The summed E-state index contributed by atoms with van der Waals surface area (Å²) < 4.78 is 12.9. The van der Waals surface area contributed by atoms with Crippen molar-refractivity contribution in [3.05, 3.63) is 59.8 Å². The predicted octanol–water partition coefficient (Wildman–Crippen LogP) is 3.32. The molecule has 0 aliphatic carbocycles. The van der Waals surface area contributed by atoms with Gasteiger partial charge in [0, 0.05) is 12.1 Å². The summed E-state index contributed by atoms with van der Waals surface area (Å²) in [5.74, 6) is 1.36. The summed E-state index contributed by atoms with van der Waals surface area (Å²) in [5.41, 5.74) is 10.6. The monoisotopic (exact) mass is 323 g/mol. The van der Waals surface area contributed by atoms with Crippen molar-refractivity contribution in [2.24, 2.45) is 5.73 Å². The van der Waals surface area contributed by atoms with Crippen LogP contribution in [0.2, 0.25) is 0 Å². The third kappa shape index (κ3) is 2.74. The van der Waals surface area contributed by atoms with Crippen LogP contribution in [0.4, 0.5) is 0 Å². The number of nitrogens with two attached hydrogens (primary N) is 1. The Morgan fingerprint density at radius 1 is 1.04 bits per heavy atom. The van der Waals surface area contributed by atoms with Gasteiger partial charge in [-0.2, -0.15) is 5.10 Å². The van der Waals surface area contributed by atoms with E-state index in [1.54, 1.807) is 14.2 Å². The second kappa shape index (κ2) is 6.76. The number of aryl methyl sites for hydroxylation is 1.